The Labute approximate surface area is 183 Å². The van der Waals surface area contributed by atoms with E-state index in [-0.39, 0.29) is 5.56 Å². The van der Waals surface area contributed by atoms with Gasteiger partial charge in [-0.3, -0.25) is 14.6 Å². The smallest absolute Gasteiger partial charge is 0.339 e. The highest BCUT2D eigenvalue weighted by molar-refractivity contribution is 7.14. The molecule has 2 amide bonds. The molecule has 4 rings (SSSR count). The van der Waals surface area contributed by atoms with Crippen molar-refractivity contribution in [3.05, 3.63) is 58.1 Å². The minimum atomic E-state index is -1.06. The van der Waals surface area contributed by atoms with Gasteiger partial charge in [0.15, 0.2) is 6.10 Å². The summed E-state index contributed by atoms with van der Waals surface area (Å²) in [7, 11) is 0. The van der Waals surface area contributed by atoms with Crippen LogP contribution in [0.3, 0.4) is 0 Å². The lowest BCUT2D eigenvalue weighted by Gasteiger charge is -2.24. The highest BCUT2D eigenvalue weighted by atomic mass is 32.1. The number of rotatable bonds is 5. The largest absolute Gasteiger partial charge is 0.449 e. The van der Waals surface area contributed by atoms with Crippen LogP contribution in [0.15, 0.2) is 35.7 Å². The fraction of sp³-hybridized carbons (Fsp3) is 0.304. The summed E-state index contributed by atoms with van der Waals surface area (Å²) < 4.78 is 5.57. The lowest BCUT2D eigenvalue weighted by atomic mass is 9.84. The number of primary amides is 1. The molecule has 1 aromatic carbocycles. The summed E-state index contributed by atoms with van der Waals surface area (Å²) in [4.78, 5) is 42.1. The number of aromatic nitrogens is 1. The maximum atomic E-state index is 13.2. The van der Waals surface area contributed by atoms with Gasteiger partial charge in [-0.1, -0.05) is 25.1 Å². The third kappa shape index (κ3) is 4.16. The van der Waals surface area contributed by atoms with Crippen molar-refractivity contribution in [1.82, 2.24) is 4.98 Å². The molecular formula is C23H23N3O4S. The van der Waals surface area contributed by atoms with E-state index in [9.17, 15) is 14.4 Å². The average molecular weight is 438 g/mol. The average Bonchev–Trinajstić information content (AvgIpc) is 3.20. The number of benzene rings is 1. The Morgan fingerprint density at radius 3 is 2.81 bits per heavy atom. The Morgan fingerprint density at radius 1 is 1.26 bits per heavy atom. The van der Waals surface area contributed by atoms with Crippen LogP contribution < -0.4 is 11.1 Å². The topological polar surface area (TPSA) is 111 Å². The summed E-state index contributed by atoms with van der Waals surface area (Å²) in [6.45, 7) is 3.66. The zero-order chi connectivity index (χ0) is 22.1. The van der Waals surface area contributed by atoms with Crippen molar-refractivity contribution >= 4 is 45.0 Å². The van der Waals surface area contributed by atoms with Gasteiger partial charge in [-0.05, 0) is 55.2 Å². The molecule has 8 heteroatoms. The Bertz CT molecular complexity index is 1190. The molecule has 0 aliphatic heterocycles. The van der Waals surface area contributed by atoms with E-state index in [1.807, 2.05) is 24.3 Å². The summed E-state index contributed by atoms with van der Waals surface area (Å²) in [5, 5.41) is 5.34. The number of hydrogen-bond donors (Lipinski definition) is 2. The van der Waals surface area contributed by atoms with Crippen molar-refractivity contribution in [2.24, 2.45) is 11.7 Å². The third-order valence-corrected chi connectivity index (χ3v) is 6.36. The van der Waals surface area contributed by atoms with Crippen LogP contribution >= 0.6 is 11.3 Å². The van der Waals surface area contributed by atoms with E-state index >= 15 is 0 Å². The molecule has 0 spiro atoms. The molecule has 0 bridgehead atoms. The monoisotopic (exact) mass is 437 g/mol. The minimum Gasteiger partial charge on any atom is -0.449 e. The molecule has 0 saturated carbocycles. The van der Waals surface area contributed by atoms with Gasteiger partial charge in [-0.25, -0.2) is 4.79 Å². The number of aryl methyl sites for hydroxylation is 1. The van der Waals surface area contributed by atoms with E-state index in [1.54, 1.807) is 5.38 Å². The van der Waals surface area contributed by atoms with Crippen LogP contribution in [0.5, 0.6) is 0 Å². The zero-order valence-electron chi connectivity index (χ0n) is 17.3. The minimum absolute atomic E-state index is 0.222. The molecule has 2 heterocycles. The van der Waals surface area contributed by atoms with Crippen LogP contribution in [-0.2, 0) is 22.4 Å². The van der Waals surface area contributed by atoms with E-state index in [0.717, 1.165) is 41.4 Å². The van der Waals surface area contributed by atoms with Gasteiger partial charge < -0.3 is 15.8 Å². The fourth-order valence-corrected chi connectivity index (χ4v) is 4.68. The van der Waals surface area contributed by atoms with Crippen molar-refractivity contribution in [2.75, 3.05) is 5.32 Å². The molecule has 0 fully saturated rings. The van der Waals surface area contributed by atoms with Crippen LogP contribution in [0, 0.1) is 5.92 Å². The number of amides is 2. The van der Waals surface area contributed by atoms with Crippen LogP contribution in [0.1, 0.15) is 52.2 Å². The first kappa shape index (κ1) is 21.0. The number of nitrogens with zero attached hydrogens (tertiary/aromatic N) is 1. The SMILES string of the molecule is CC1CCc2nc3ccccc3c(C(=O)OC(C)C(=O)Nc3sccc3C(N)=O)c2C1. The number of anilines is 1. The molecule has 2 unspecified atom stereocenters. The third-order valence-electron chi connectivity index (χ3n) is 5.53. The zero-order valence-corrected chi connectivity index (χ0v) is 18.1. The first-order valence-electron chi connectivity index (χ1n) is 10.1. The molecule has 160 valence electrons. The van der Waals surface area contributed by atoms with Gasteiger partial charge >= 0.3 is 5.97 Å². The second kappa shape index (κ2) is 8.47. The number of nitrogens with two attached hydrogens (primary N) is 1. The summed E-state index contributed by atoms with van der Waals surface area (Å²) in [5.41, 5.74) is 8.60. The van der Waals surface area contributed by atoms with Crippen molar-refractivity contribution in [2.45, 2.75) is 39.2 Å². The summed E-state index contributed by atoms with van der Waals surface area (Å²) in [6.07, 6.45) is 1.52. The number of thiophene rings is 1. The van der Waals surface area contributed by atoms with Gasteiger partial charge in [0.05, 0.1) is 16.6 Å². The molecule has 2 atom stereocenters. The predicted molar refractivity (Wildman–Crippen MR) is 119 cm³/mol. The van der Waals surface area contributed by atoms with E-state index in [1.165, 1.54) is 24.3 Å². The first-order chi connectivity index (χ1) is 14.8. The second-order valence-electron chi connectivity index (χ2n) is 7.84. The number of carbonyl (C=O) groups is 3. The second-order valence-corrected chi connectivity index (χ2v) is 8.76. The molecule has 0 saturated heterocycles. The normalized spacial score (nSPS) is 16.4. The molecule has 3 N–H and O–H groups in total. The molecule has 1 aliphatic rings. The molecule has 31 heavy (non-hydrogen) atoms. The molecular weight excluding hydrogens is 414 g/mol. The van der Waals surface area contributed by atoms with Gasteiger partial charge in [0.2, 0.25) is 0 Å². The maximum absolute atomic E-state index is 13.2. The summed E-state index contributed by atoms with van der Waals surface area (Å²) >= 11 is 1.18. The predicted octanol–water partition coefficient (Wildman–Crippen LogP) is 3.70. The lowest BCUT2D eigenvalue weighted by Crippen LogP contribution is -2.31. The standard InChI is InChI=1S/C23H23N3O4S/c1-12-7-8-18-16(11-12)19(14-5-3-4-6-17(14)25-18)23(29)30-13(2)21(28)26-22-15(20(24)27)9-10-31-22/h3-6,9-10,12-13H,7-8,11H2,1-2H3,(H2,24,27)(H,26,28). The van der Waals surface area contributed by atoms with E-state index < -0.39 is 23.9 Å². The molecule has 3 aromatic rings. The molecule has 1 aliphatic carbocycles. The highest BCUT2D eigenvalue weighted by Crippen LogP contribution is 2.32. The number of esters is 1. The van der Waals surface area contributed by atoms with Crippen molar-refractivity contribution in [1.29, 1.82) is 0 Å². The Morgan fingerprint density at radius 2 is 2.03 bits per heavy atom. The molecule has 2 aromatic heterocycles. The number of para-hydroxylation sites is 1. The van der Waals surface area contributed by atoms with Crippen molar-refractivity contribution in [3.63, 3.8) is 0 Å². The van der Waals surface area contributed by atoms with Crippen LogP contribution in [0.25, 0.3) is 10.9 Å². The quantitative estimate of drug-likeness (QED) is 0.591. The van der Waals surface area contributed by atoms with E-state index in [2.05, 4.69) is 12.2 Å². The Hall–Kier alpha value is -3.26. The number of hydrogen-bond acceptors (Lipinski definition) is 6. The van der Waals surface area contributed by atoms with Gasteiger partial charge in [-0.2, -0.15) is 0 Å². The summed E-state index contributed by atoms with van der Waals surface area (Å²) in [6, 6.07) is 9.01. The number of carbonyl (C=O) groups excluding carboxylic acids is 3. The Balaban J connectivity index is 1.61. The van der Waals surface area contributed by atoms with Crippen LogP contribution in [0.4, 0.5) is 5.00 Å². The Kier molecular flexibility index (Phi) is 5.73. The number of fused-ring (bicyclic) bond motifs is 2. The summed E-state index contributed by atoms with van der Waals surface area (Å²) in [5.74, 6) is -1.27. The number of nitrogens with one attached hydrogen (secondary N) is 1. The van der Waals surface area contributed by atoms with Gasteiger partial charge in [0.1, 0.15) is 5.00 Å². The number of pyridine rings is 1. The van der Waals surface area contributed by atoms with E-state index in [0.29, 0.717) is 16.5 Å². The lowest BCUT2D eigenvalue weighted by molar-refractivity contribution is -0.123. The maximum Gasteiger partial charge on any atom is 0.339 e. The first-order valence-corrected chi connectivity index (χ1v) is 11.0. The van der Waals surface area contributed by atoms with Crippen molar-refractivity contribution < 1.29 is 19.1 Å². The molecule has 7 nitrogen and oxygen atoms in total. The van der Waals surface area contributed by atoms with E-state index in [4.69, 9.17) is 15.5 Å². The van der Waals surface area contributed by atoms with Gasteiger partial charge in [0.25, 0.3) is 11.8 Å². The number of ether oxygens (including phenoxy) is 1. The highest BCUT2D eigenvalue weighted by Gasteiger charge is 2.28. The van der Waals surface area contributed by atoms with Gasteiger partial charge in [0, 0.05) is 11.1 Å². The molecule has 0 radical (unpaired) electrons. The van der Waals surface area contributed by atoms with Crippen LogP contribution in [-0.4, -0.2) is 28.9 Å². The van der Waals surface area contributed by atoms with Gasteiger partial charge in [-0.15, -0.1) is 11.3 Å². The van der Waals surface area contributed by atoms with Crippen molar-refractivity contribution in [3.8, 4) is 0 Å². The fourth-order valence-electron chi connectivity index (χ4n) is 3.88. The van der Waals surface area contributed by atoms with Crippen LogP contribution in [0.2, 0.25) is 0 Å².